The molecule has 1 aromatic rings. The second kappa shape index (κ2) is 6.41. The topological polar surface area (TPSA) is 61.6 Å². The number of nitro benzene ring substituents is 1. The van der Waals surface area contributed by atoms with Crippen LogP contribution in [-0.4, -0.2) is 29.1 Å². The predicted octanol–water partition coefficient (Wildman–Crippen LogP) is 3.46. The molecule has 0 aliphatic heterocycles. The van der Waals surface area contributed by atoms with E-state index in [1.165, 1.54) is 12.1 Å². The highest BCUT2D eigenvalue weighted by atomic mass is 35.5. The number of benzene rings is 1. The van der Waals surface area contributed by atoms with Gasteiger partial charge in [-0.1, -0.05) is 6.92 Å². The Labute approximate surface area is 123 Å². The molecule has 20 heavy (non-hydrogen) atoms. The van der Waals surface area contributed by atoms with E-state index >= 15 is 0 Å². The Morgan fingerprint density at radius 3 is 2.85 bits per heavy atom. The first kappa shape index (κ1) is 15.1. The quantitative estimate of drug-likeness (QED) is 0.458. The summed E-state index contributed by atoms with van der Waals surface area (Å²) in [7, 11) is 0. The number of hydrogen-bond donors (Lipinski definition) is 0. The molecule has 0 amide bonds. The lowest BCUT2D eigenvalue weighted by Gasteiger charge is -2.40. The molecule has 6 heteroatoms. The normalized spacial score (nSPS) is 25.1. The van der Waals surface area contributed by atoms with Crippen molar-refractivity contribution in [3.63, 3.8) is 0 Å². The smallest absolute Gasteiger partial charge is 0.273 e. The highest BCUT2D eigenvalue weighted by Gasteiger charge is 2.43. The van der Waals surface area contributed by atoms with Crippen molar-refractivity contribution < 1.29 is 14.4 Å². The third kappa shape index (κ3) is 3.22. The third-order valence-electron chi connectivity index (χ3n) is 3.36. The summed E-state index contributed by atoms with van der Waals surface area (Å²) in [4.78, 5) is 10.4. The number of halogens is 1. The van der Waals surface area contributed by atoms with Crippen LogP contribution in [0.1, 0.15) is 25.3 Å². The van der Waals surface area contributed by atoms with E-state index in [4.69, 9.17) is 21.1 Å². The summed E-state index contributed by atoms with van der Waals surface area (Å²) in [6.45, 7) is 4.53. The first-order chi connectivity index (χ1) is 9.52. The zero-order valence-electron chi connectivity index (χ0n) is 11.5. The molecule has 0 saturated heterocycles. The highest BCUT2D eigenvalue weighted by molar-refractivity contribution is 6.21. The number of nitrogens with zero attached hydrogens (tertiary/aromatic N) is 1. The molecule has 1 fully saturated rings. The van der Waals surface area contributed by atoms with Crippen molar-refractivity contribution in [2.75, 3.05) is 6.61 Å². The Hall–Kier alpha value is -1.33. The number of rotatable bonds is 6. The predicted molar refractivity (Wildman–Crippen MR) is 76.5 cm³/mol. The average molecular weight is 300 g/mol. The summed E-state index contributed by atoms with van der Waals surface area (Å²) in [5, 5.41) is 10.7. The number of aryl methyl sites for hydroxylation is 1. The van der Waals surface area contributed by atoms with E-state index in [1.807, 2.05) is 13.8 Å². The van der Waals surface area contributed by atoms with Gasteiger partial charge in [-0.2, -0.15) is 0 Å². The highest BCUT2D eigenvalue weighted by Crippen LogP contribution is 2.35. The fourth-order valence-electron chi connectivity index (χ4n) is 2.10. The maximum atomic E-state index is 10.8. The van der Waals surface area contributed by atoms with Gasteiger partial charge in [0.1, 0.15) is 18.0 Å². The van der Waals surface area contributed by atoms with Crippen molar-refractivity contribution in [2.45, 2.75) is 44.3 Å². The Morgan fingerprint density at radius 2 is 2.25 bits per heavy atom. The minimum atomic E-state index is -0.428. The van der Waals surface area contributed by atoms with Crippen LogP contribution in [0.2, 0.25) is 0 Å². The lowest BCUT2D eigenvalue weighted by Crippen LogP contribution is -2.52. The summed E-state index contributed by atoms with van der Waals surface area (Å²) in [6, 6.07) is 4.61. The minimum absolute atomic E-state index is 0.0263. The number of alkyl halides is 1. The monoisotopic (exact) mass is 299 g/mol. The van der Waals surface area contributed by atoms with Gasteiger partial charge in [-0.25, -0.2) is 0 Å². The summed E-state index contributed by atoms with van der Waals surface area (Å²) in [5.74, 6) is 0.526. The second-order valence-electron chi connectivity index (χ2n) is 4.95. The zero-order valence-corrected chi connectivity index (χ0v) is 12.3. The third-order valence-corrected chi connectivity index (χ3v) is 3.78. The Bertz CT molecular complexity index is 494. The van der Waals surface area contributed by atoms with Gasteiger partial charge in [0.25, 0.3) is 5.69 Å². The Morgan fingerprint density at radius 1 is 1.50 bits per heavy atom. The molecule has 0 spiro atoms. The van der Waals surface area contributed by atoms with Gasteiger partial charge in [-0.3, -0.25) is 10.1 Å². The van der Waals surface area contributed by atoms with Gasteiger partial charge in [0.2, 0.25) is 0 Å². The molecule has 1 aliphatic carbocycles. The van der Waals surface area contributed by atoms with Crippen molar-refractivity contribution in [2.24, 2.45) is 0 Å². The van der Waals surface area contributed by atoms with Crippen LogP contribution in [-0.2, 0) is 4.74 Å². The van der Waals surface area contributed by atoms with E-state index in [9.17, 15) is 10.1 Å². The standard InChI is InChI=1S/C14H18ClNO4/c1-3-6-19-14-11(15)8-13(14)20-12-7-10(16(17)18)5-4-9(12)2/h4-5,7,11,13-14H,3,6,8H2,1-2H3. The van der Waals surface area contributed by atoms with Crippen molar-refractivity contribution in [1.29, 1.82) is 0 Å². The van der Waals surface area contributed by atoms with Crippen molar-refractivity contribution >= 4 is 17.3 Å². The molecule has 3 unspecified atom stereocenters. The number of hydrogen-bond acceptors (Lipinski definition) is 4. The van der Waals surface area contributed by atoms with E-state index in [1.54, 1.807) is 6.07 Å². The van der Waals surface area contributed by atoms with Gasteiger partial charge in [0, 0.05) is 19.1 Å². The molecule has 1 saturated carbocycles. The number of non-ortho nitro benzene ring substituents is 1. The largest absolute Gasteiger partial charge is 0.487 e. The molecule has 0 aromatic heterocycles. The van der Waals surface area contributed by atoms with Crippen molar-refractivity contribution in [1.82, 2.24) is 0 Å². The molecular weight excluding hydrogens is 282 g/mol. The SMILES string of the molecule is CCCOC1C(Cl)CC1Oc1cc([N+](=O)[O-])ccc1C. The summed E-state index contributed by atoms with van der Waals surface area (Å²) < 4.78 is 11.5. The first-order valence-corrected chi connectivity index (χ1v) is 7.14. The lowest BCUT2D eigenvalue weighted by atomic mass is 9.90. The van der Waals surface area contributed by atoms with E-state index in [0.29, 0.717) is 18.8 Å². The maximum absolute atomic E-state index is 10.8. The fraction of sp³-hybridized carbons (Fsp3) is 0.571. The molecule has 1 aromatic carbocycles. The Kier molecular flexibility index (Phi) is 4.83. The molecule has 0 heterocycles. The maximum Gasteiger partial charge on any atom is 0.273 e. The van der Waals surface area contributed by atoms with E-state index < -0.39 is 4.92 Å². The second-order valence-corrected chi connectivity index (χ2v) is 5.51. The lowest BCUT2D eigenvalue weighted by molar-refractivity contribution is -0.385. The van der Waals surface area contributed by atoms with Crippen LogP contribution < -0.4 is 4.74 Å². The van der Waals surface area contributed by atoms with Crippen molar-refractivity contribution in [3.05, 3.63) is 33.9 Å². The van der Waals surface area contributed by atoms with Gasteiger partial charge in [-0.05, 0) is 25.0 Å². The molecule has 110 valence electrons. The van der Waals surface area contributed by atoms with E-state index in [0.717, 1.165) is 12.0 Å². The molecule has 0 bridgehead atoms. The molecule has 3 atom stereocenters. The summed E-state index contributed by atoms with van der Waals surface area (Å²) >= 11 is 6.12. The van der Waals surface area contributed by atoms with E-state index in [2.05, 4.69) is 0 Å². The zero-order chi connectivity index (χ0) is 14.7. The van der Waals surface area contributed by atoms with Gasteiger partial charge < -0.3 is 9.47 Å². The summed E-state index contributed by atoms with van der Waals surface area (Å²) in [5.41, 5.74) is 0.890. The van der Waals surface area contributed by atoms with Crippen LogP contribution in [0.15, 0.2) is 18.2 Å². The summed E-state index contributed by atoms with van der Waals surface area (Å²) in [6.07, 6.45) is 1.33. The van der Waals surface area contributed by atoms with Crippen LogP contribution in [0.3, 0.4) is 0 Å². The number of nitro groups is 1. The van der Waals surface area contributed by atoms with Crippen LogP contribution >= 0.6 is 11.6 Å². The van der Waals surface area contributed by atoms with Gasteiger partial charge in [0.05, 0.1) is 16.4 Å². The van der Waals surface area contributed by atoms with Gasteiger partial charge in [-0.15, -0.1) is 11.6 Å². The van der Waals surface area contributed by atoms with Crippen LogP contribution in [0.5, 0.6) is 5.75 Å². The molecule has 5 nitrogen and oxygen atoms in total. The van der Waals surface area contributed by atoms with Crippen LogP contribution in [0.4, 0.5) is 5.69 Å². The fourth-order valence-corrected chi connectivity index (χ4v) is 2.51. The molecular formula is C14H18ClNO4. The minimum Gasteiger partial charge on any atom is -0.487 e. The van der Waals surface area contributed by atoms with Crippen LogP contribution in [0.25, 0.3) is 0 Å². The molecule has 2 rings (SSSR count). The van der Waals surface area contributed by atoms with Crippen molar-refractivity contribution in [3.8, 4) is 5.75 Å². The van der Waals surface area contributed by atoms with Gasteiger partial charge >= 0.3 is 0 Å². The average Bonchev–Trinajstić information content (AvgIpc) is 2.40. The molecule has 0 N–H and O–H groups in total. The van der Waals surface area contributed by atoms with Gasteiger partial charge in [0.15, 0.2) is 0 Å². The Balaban J connectivity index is 2.06. The number of ether oxygens (including phenoxy) is 2. The molecule has 0 radical (unpaired) electrons. The van der Waals surface area contributed by atoms with E-state index in [-0.39, 0.29) is 23.3 Å². The van der Waals surface area contributed by atoms with Crippen LogP contribution in [0, 0.1) is 17.0 Å². The first-order valence-electron chi connectivity index (χ1n) is 6.70. The molecule has 1 aliphatic rings.